The number of fused-ring (bicyclic) bond motifs is 1. The Hall–Kier alpha value is -1.14. The maximum atomic E-state index is 12.6. The Morgan fingerprint density at radius 3 is 2.48 bits per heavy atom. The minimum Gasteiger partial charge on any atom is -0.298 e. The zero-order valence-electron chi connectivity index (χ0n) is 11.7. The Labute approximate surface area is 154 Å². The van der Waals surface area contributed by atoms with Gasteiger partial charge in [0.05, 0.1) is 20.3 Å². The molecule has 3 nitrogen and oxygen atoms in total. The fraction of sp³-hybridized carbons (Fsp3) is 0.125. The van der Waals surface area contributed by atoms with Gasteiger partial charge in [-0.1, -0.05) is 50.5 Å². The SMILES string of the molecule is O=C(c1ccc(Cl)c(Cl)c1)c1ccc2c(c1)sc(=O)n2CCBr. The molecule has 0 saturated carbocycles. The van der Waals surface area contributed by atoms with E-state index in [9.17, 15) is 9.59 Å². The first-order chi connectivity index (χ1) is 11.0. The van der Waals surface area contributed by atoms with Gasteiger partial charge in [-0.05, 0) is 36.4 Å². The fourth-order valence-corrected chi connectivity index (χ4v) is 3.92. The predicted molar refractivity (Wildman–Crippen MR) is 99.8 cm³/mol. The van der Waals surface area contributed by atoms with Crippen LogP contribution in [0.4, 0.5) is 0 Å². The van der Waals surface area contributed by atoms with Crippen LogP contribution in [0.5, 0.6) is 0 Å². The Morgan fingerprint density at radius 2 is 1.78 bits per heavy atom. The number of rotatable bonds is 4. The van der Waals surface area contributed by atoms with E-state index in [1.807, 2.05) is 0 Å². The molecule has 0 aliphatic rings. The van der Waals surface area contributed by atoms with Gasteiger partial charge in [-0.25, -0.2) is 0 Å². The van der Waals surface area contributed by atoms with Crippen molar-refractivity contribution in [3.63, 3.8) is 0 Å². The summed E-state index contributed by atoms with van der Waals surface area (Å²) in [7, 11) is 0. The average molecular weight is 431 g/mol. The van der Waals surface area contributed by atoms with Crippen LogP contribution in [0.3, 0.4) is 0 Å². The van der Waals surface area contributed by atoms with Gasteiger partial charge in [0, 0.05) is 23.0 Å². The van der Waals surface area contributed by atoms with E-state index in [-0.39, 0.29) is 10.7 Å². The summed E-state index contributed by atoms with van der Waals surface area (Å²) < 4.78 is 2.49. The van der Waals surface area contributed by atoms with Crippen LogP contribution in [0.1, 0.15) is 15.9 Å². The number of aryl methyl sites for hydroxylation is 1. The van der Waals surface area contributed by atoms with Gasteiger partial charge in [-0.15, -0.1) is 0 Å². The summed E-state index contributed by atoms with van der Waals surface area (Å²) in [6.45, 7) is 0.596. The molecule has 3 rings (SSSR count). The molecule has 0 bridgehead atoms. The van der Waals surface area contributed by atoms with Crippen molar-refractivity contribution in [3.8, 4) is 0 Å². The van der Waals surface area contributed by atoms with Gasteiger partial charge in [0.15, 0.2) is 5.78 Å². The van der Waals surface area contributed by atoms with Gasteiger partial charge in [0.25, 0.3) is 0 Å². The molecule has 0 atom stereocenters. The van der Waals surface area contributed by atoms with E-state index in [1.165, 1.54) is 0 Å². The maximum Gasteiger partial charge on any atom is 0.308 e. The van der Waals surface area contributed by atoms with Crippen LogP contribution in [-0.2, 0) is 6.54 Å². The second-order valence-corrected chi connectivity index (χ2v) is 7.45. The molecule has 7 heteroatoms. The molecule has 2 aromatic carbocycles. The second-order valence-electron chi connectivity index (χ2n) is 4.85. The van der Waals surface area contributed by atoms with Crippen LogP contribution in [0.25, 0.3) is 10.2 Å². The lowest BCUT2D eigenvalue weighted by molar-refractivity contribution is 0.103. The first-order valence-electron chi connectivity index (χ1n) is 6.70. The van der Waals surface area contributed by atoms with Crippen molar-refractivity contribution in [2.45, 2.75) is 6.54 Å². The second kappa shape index (κ2) is 6.77. The van der Waals surface area contributed by atoms with Crippen molar-refractivity contribution >= 4 is 66.5 Å². The van der Waals surface area contributed by atoms with Gasteiger partial charge in [0.1, 0.15) is 0 Å². The third kappa shape index (κ3) is 3.24. The first-order valence-corrected chi connectivity index (χ1v) is 9.40. The summed E-state index contributed by atoms with van der Waals surface area (Å²) >= 11 is 16.3. The minimum atomic E-state index is -0.154. The normalized spacial score (nSPS) is 11.1. The number of nitrogens with zero attached hydrogens (tertiary/aromatic N) is 1. The number of aromatic nitrogens is 1. The number of carbonyl (C=O) groups excluding carboxylic acids is 1. The number of hydrogen-bond acceptors (Lipinski definition) is 3. The van der Waals surface area contributed by atoms with Crippen LogP contribution in [0, 0.1) is 0 Å². The Kier molecular flexibility index (Phi) is 4.92. The zero-order chi connectivity index (χ0) is 16.6. The van der Waals surface area contributed by atoms with E-state index in [4.69, 9.17) is 23.2 Å². The van der Waals surface area contributed by atoms with Crippen LogP contribution >= 0.6 is 50.5 Å². The molecule has 0 radical (unpaired) electrons. The predicted octanol–water partition coefficient (Wildman–Crippen LogP) is 5.00. The Balaban J connectivity index is 2.04. The summed E-state index contributed by atoms with van der Waals surface area (Å²) in [4.78, 5) is 24.6. The number of halogens is 3. The van der Waals surface area contributed by atoms with Crippen molar-refractivity contribution in [2.24, 2.45) is 0 Å². The lowest BCUT2D eigenvalue weighted by atomic mass is 10.0. The van der Waals surface area contributed by atoms with Crippen LogP contribution in [-0.4, -0.2) is 15.7 Å². The molecule has 0 spiro atoms. The average Bonchev–Trinajstić information content (AvgIpc) is 2.85. The summed E-state index contributed by atoms with van der Waals surface area (Å²) in [5.74, 6) is -0.154. The van der Waals surface area contributed by atoms with E-state index in [1.54, 1.807) is 41.0 Å². The van der Waals surface area contributed by atoms with Gasteiger partial charge < -0.3 is 0 Å². The molecule has 0 unspecified atom stereocenters. The quantitative estimate of drug-likeness (QED) is 0.431. The van der Waals surface area contributed by atoms with Crippen molar-refractivity contribution in [2.75, 3.05) is 5.33 Å². The number of ketones is 1. The lowest BCUT2D eigenvalue weighted by Gasteiger charge is -2.04. The fourth-order valence-electron chi connectivity index (χ4n) is 2.31. The Morgan fingerprint density at radius 1 is 1.09 bits per heavy atom. The van der Waals surface area contributed by atoms with Gasteiger partial charge in [-0.3, -0.25) is 14.2 Å². The minimum absolute atomic E-state index is 0.0291. The molecule has 1 heterocycles. The number of thiazole rings is 1. The molecule has 118 valence electrons. The smallest absolute Gasteiger partial charge is 0.298 e. The van der Waals surface area contributed by atoms with Crippen molar-refractivity contribution < 1.29 is 4.79 Å². The molecule has 0 saturated heterocycles. The molecule has 23 heavy (non-hydrogen) atoms. The summed E-state index contributed by atoms with van der Waals surface area (Å²) in [5.41, 5.74) is 1.82. The summed E-state index contributed by atoms with van der Waals surface area (Å²) in [6.07, 6.45) is 0. The monoisotopic (exact) mass is 429 g/mol. The van der Waals surface area contributed by atoms with Crippen LogP contribution < -0.4 is 4.87 Å². The van der Waals surface area contributed by atoms with E-state index in [0.717, 1.165) is 21.6 Å². The molecule has 0 aliphatic carbocycles. The highest BCUT2D eigenvalue weighted by molar-refractivity contribution is 9.09. The number of benzene rings is 2. The molecule has 0 amide bonds. The topological polar surface area (TPSA) is 39.1 Å². The van der Waals surface area contributed by atoms with E-state index < -0.39 is 0 Å². The van der Waals surface area contributed by atoms with Crippen molar-refractivity contribution in [3.05, 3.63) is 67.2 Å². The molecule has 0 fully saturated rings. The number of alkyl halides is 1. The maximum absolute atomic E-state index is 12.6. The van der Waals surface area contributed by atoms with E-state index in [0.29, 0.717) is 33.0 Å². The third-order valence-corrected chi connectivity index (χ3v) is 5.46. The molecule has 0 N–H and O–H groups in total. The van der Waals surface area contributed by atoms with Gasteiger partial charge in [0.2, 0.25) is 0 Å². The van der Waals surface area contributed by atoms with Crippen LogP contribution in [0.2, 0.25) is 10.0 Å². The molecular weight excluding hydrogens is 421 g/mol. The molecule has 0 aliphatic heterocycles. The highest BCUT2D eigenvalue weighted by atomic mass is 79.9. The van der Waals surface area contributed by atoms with E-state index in [2.05, 4.69) is 15.9 Å². The summed E-state index contributed by atoms with van der Waals surface area (Å²) in [5, 5.41) is 1.44. The first kappa shape index (κ1) is 16.7. The van der Waals surface area contributed by atoms with Crippen molar-refractivity contribution in [1.82, 2.24) is 4.57 Å². The molecule has 1 aromatic heterocycles. The molecule has 3 aromatic rings. The number of hydrogen-bond donors (Lipinski definition) is 0. The molecular formula is C16H10BrCl2NO2S. The van der Waals surface area contributed by atoms with Crippen LogP contribution in [0.15, 0.2) is 41.2 Å². The Bertz CT molecular complexity index is 964. The number of carbonyl (C=O) groups is 1. The van der Waals surface area contributed by atoms with Gasteiger partial charge >= 0.3 is 4.87 Å². The zero-order valence-corrected chi connectivity index (χ0v) is 15.6. The largest absolute Gasteiger partial charge is 0.308 e. The highest BCUT2D eigenvalue weighted by Gasteiger charge is 2.14. The van der Waals surface area contributed by atoms with Crippen molar-refractivity contribution in [1.29, 1.82) is 0 Å². The third-order valence-electron chi connectivity index (χ3n) is 3.42. The highest BCUT2D eigenvalue weighted by Crippen LogP contribution is 2.25. The lowest BCUT2D eigenvalue weighted by Crippen LogP contribution is -2.13. The van der Waals surface area contributed by atoms with Gasteiger partial charge in [-0.2, -0.15) is 0 Å². The van der Waals surface area contributed by atoms with E-state index >= 15 is 0 Å². The summed E-state index contributed by atoms with van der Waals surface area (Å²) in [6, 6.07) is 10.1. The standard InChI is InChI=1S/C16H10BrCl2NO2S/c17-5-6-20-13-4-2-10(8-14(13)23-16(20)22)15(21)9-1-3-11(18)12(19)7-9/h1-4,7-8H,5-6H2.